The van der Waals surface area contributed by atoms with Crippen LogP contribution < -0.4 is 10.1 Å². The number of para-hydroxylation sites is 1. The Hall–Kier alpha value is -4.45. The van der Waals surface area contributed by atoms with Gasteiger partial charge in [-0.25, -0.2) is 9.50 Å². The van der Waals surface area contributed by atoms with Crippen LogP contribution in [0.5, 0.6) is 5.75 Å². The number of hydrogen-bond acceptors (Lipinski definition) is 4. The van der Waals surface area contributed by atoms with E-state index in [1.807, 2.05) is 85.8 Å². The van der Waals surface area contributed by atoms with Gasteiger partial charge in [-0.05, 0) is 47.9 Å². The molecule has 2 aromatic heterocycles. The number of anilines is 1. The smallest absolute Gasteiger partial charge is 0.274 e. The summed E-state index contributed by atoms with van der Waals surface area (Å²) in [5.41, 5.74) is 5.61. The van der Waals surface area contributed by atoms with E-state index in [0.717, 1.165) is 33.7 Å². The maximum absolute atomic E-state index is 12.8. The molecule has 0 atom stereocenters. The Bertz CT molecular complexity index is 1410. The molecule has 5 aromatic rings. The van der Waals surface area contributed by atoms with Gasteiger partial charge in [0.05, 0.1) is 6.20 Å². The summed E-state index contributed by atoms with van der Waals surface area (Å²) in [5.74, 6) is 0.522. The number of rotatable bonds is 6. The van der Waals surface area contributed by atoms with Gasteiger partial charge in [-0.1, -0.05) is 60.7 Å². The van der Waals surface area contributed by atoms with Crippen LogP contribution in [0.1, 0.15) is 21.6 Å². The highest BCUT2D eigenvalue weighted by molar-refractivity contribution is 6.03. The van der Waals surface area contributed by atoms with Gasteiger partial charge >= 0.3 is 0 Å². The number of carbonyl (C=O) groups excluding carboxylic acids is 1. The van der Waals surface area contributed by atoms with E-state index in [0.29, 0.717) is 17.9 Å². The van der Waals surface area contributed by atoms with Crippen LogP contribution in [-0.4, -0.2) is 20.5 Å². The SMILES string of the molecule is Cc1ccccc1NC(=O)c1ccn2ncc(-c3ccc(OCc4ccccc4)cc3)c2n1. The van der Waals surface area contributed by atoms with Gasteiger partial charge in [-0.2, -0.15) is 5.10 Å². The Morgan fingerprint density at radius 2 is 1.70 bits per heavy atom. The normalized spacial score (nSPS) is 10.8. The predicted molar refractivity (Wildman–Crippen MR) is 128 cm³/mol. The van der Waals surface area contributed by atoms with Crippen molar-refractivity contribution in [2.24, 2.45) is 0 Å². The first-order valence-electron chi connectivity index (χ1n) is 10.7. The van der Waals surface area contributed by atoms with Gasteiger partial charge in [0, 0.05) is 17.4 Å². The van der Waals surface area contributed by atoms with Gasteiger partial charge in [0.2, 0.25) is 0 Å². The molecule has 0 fully saturated rings. The van der Waals surface area contributed by atoms with E-state index in [2.05, 4.69) is 15.4 Å². The molecule has 0 radical (unpaired) electrons. The quantitative estimate of drug-likeness (QED) is 0.381. The molecule has 5 rings (SSSR count). The summed E-state index contributed by atoms with van der Waals surface area (Å²) in [6.07, 6.45) is 3.50. The zero-order valence-corrected chi connectivity index (χ0v) is 18.1. The van der Waals surface area contributed by atoms with Crippen LogP contribution in [0.4, 0.5) is 5.69 Å². The molecule has 33 heavy (non-hydrogen) atoms. The molecular weight excluding hydrogens is 412 g/mol. The van der Waals surface area contributed by atoms with Gasteiger partial charge in [0.15, 0.2) is 5.65 Å². The molecule has 0 unspecified atom stereocenters. The zero-order valence-electron chi connectivity index (χ0n) is 18.1. The number of carbonyl (C=O) groups is 1. The summed E-state index contributed by atoms with van der Waals surface area (Å²) in [5, 5.41) is 7.31. The third-order valence-corrected chi connectivity index (χ3v) is 5.41. The van der Waals surface area contributed by atoms with Gasteiger partial charge < -0.3 is 10.1 Å². The fourth-order valence-electron chi connectivity index (χ4n) is 3.57. The molecule has 0 aliphatic rings. The highest BCUT2D eigenvalue weighted by atomic mass is 16.5. The Labute approximate surface area is 191 Å². The standard InChI is InChI=1S/C27H22N4O2/c1-19-7-5-6-10-24(19)30-27(32)25-15-16-31-26(29-25)23(17-28-31)21-11-13-22(14-12-21)33-18-20-8-3-2-4-9-20/h2-17H,18H2,1H3,(H,30,32). The molecular formula is C27H22N4O2. The van der Waals surface area contributed by atoms with Crippen LogP contribution in [0.15, 0.2) is 97.3 Å². The third-order valence-electron chi connectivity index (χ3n) is 5.41. The number of amides is 1. The molecule has 0 saturated heterocycles. The minimum atomic E-state index is -0.261. The van der Waals surface area contributed by atoms with Crippen LogP contribution in [0.25, 0.3) is 16.8 Å². The van der Waals surface area contributed by atoms with Crippen molar-refractivity contribution in [2.45, 2.75) is 13.5 Å². The van der Waals surface area contributed by atoms with Crippen LogP contribution in [0, 0.1) is 6.92 Å². The lowest BCUT2D eigenvalue weighted by atomic mass is 10.1. The molecule has 0 saturated carbocycles. The monoisotopic (exact) mass is 434 g/mol. The number of fused-ring (bicyclic) bond motifs is 1. The Morgan fingerprint density at radius 1 is 0.939 bits per heavy atom. The Morgan fingerprint density at radius 3 is 2.48 bits per heavy atom. The fraction of sp³-hybridized carbons (Fsp3) is 0.0741. The lowest BCUT2D eigenvalue weighted by molar-refractivity contribution is 0.102. The molecule has 1 N–H and O–H groups in total. The van der Waals surface area contributed by atoms with Gasteiger partial charge in [0.1, 0.15) is 18.1 Å². The molecule has 0 aliphatic carbocycles. The maximum atomic E-state index is 12.8. The number of nitrogens with zero attached hydrogens (tertiary/aromatic N) is 3. The number of aryl methyl sites for hydroxylation is 1. The van der Waals surface area contributed by atoms with Gasteiger partial charge in [-0.3, -0.25) is 4.79 Å². The van der Waals surface area contributed by atoms with Gasteiger partial charge in [-0.15, -0.1) is 0 Å². The van der Waals surface area contributed by atoms with Crippen molar-refractivity contribution in [2.75, 3.05) is 5.32 Å². The van der Waals surface area contributed by atoms with E-state index < -0.39 is 0 Å². The topological polar surface area (TPSA) is 68.5 Å². The second kappa shape index (κ2) is 8.96. The first-order chi connectivity index (χ1) is 16.2. The number of aromatic nitrogens is 3. The molecule has 162 valence electrons. The molecule has 0 aliphatic heterocycles. The lowest BCUT2D eigenvalue weighted by Crippen LogP contribution is -2.15. The highest BCUT2D eigenvalue weighted by Crippen LogP contribution is 2.26. The minimum Gasteiger partial charge on any atom is -0.489 e. The van der Waals surface area contributed by atoms with E-state index in [4.69, 9.17) is 4.74 Å². The van der Waals surface area contributed by atoms with Crippen molar-refractivity contribution in [3.8, 4) is 16.9 Å². The lowest BCUT2D eigenvalue weighted by Gasteiger charge is -2.08. The summed E-state index contributed by atoms with van der Waals surface area (Å²) >= 11 is 0. The van der Waals surface area contributed by atoms with Crippen molar-refractivity contribution in [3.63, 3.8) is 0 Å². The van der Waals surface area contributed by atoms with Crippen molar-refractivity contribution in [3.05, 3.63) is 114 Å². The second-order valence-corrected chi connectivity index (χ2v) is 7.71. The molecule has 0 spiro atoms. The van der Waals surface area contributed by atoms with Crippen LogP contribution in [0.2, 0.25) is 0 Å². The summed E-state index contributed by atoms with van der Waals surface area (Å²) in [6, 6.07) is 27.2. The molecule has 2 heterocycles. The molecule has 3 aromatic carbocycles. The number of benzene rings is 3. The average molecular weight is 434 g/mol. The summed E-state index contributed by atoms with van der Waals surface area (Å²) < 4.78 is 7.55. The first-order valence-corrected chi connectivity index (χ1v) is 10.7. The Kier molecular flexibility index (Phi) is 5.55. The van der Waals surface area contributed by atoms with E-state index in [1.54, 1.807) is 23.0 Å². The van der Waals surface area contributed by atoms with Crippen molar-refractivity contribution in [1.82, 2.24) is 14.6 Å². The van der Waals surface area contributed by atoms with E-state index in [1.165, 1.54) is 0 Å². The molecule has 0 bridgehead atoms. The minimum absolute atomic E-state index is 0.261. The highest BCUT2D eigenvalue weighted by Gasteiger charge is 2.14. The zero-order chi connectivity index (χ0) is 22.6. The summed E-state index contributed by atoms with van der Waals surface area (Å²) in [4.78, 5) is 17.4. The average Bonchev–Trinajstić information content (AvgIpc) is 3.28. The Balaban J connectivity index is 1.36. The fourth-order valence-corrected chi connectivity index (χ4v) is 3.57. The van der Waals surface area contributed by atoms with Gasteiger partial charge in [0.25, 0.3) is 5.91 Å². The summed E-state index contributed by atoms with van der Waals surface area (Å²) in [7, 11) is 0. The van der Waals surface area contributed by atoms with Crippen molar-refractivity contribution < 1.29 is 9.53 Å². The second-order valence-electron chi connectivity index (χ2n) is 7.71. The maximum Gasteiger partial charge on any atom is 0.274 e. The predicted octanol–water partition coefficient (Wildman–Crippen LogP) is 5.54. The van der Waals surface area contributed by atoms with Crippen molar-refractivity contribution >= 4 is 17.2 Å². The molecule has 6 nitrogen and oxygen atoms in total. The number of nitrogens with one attached hydrogen (secondary N) is 1. The van der Waals surface area contributed by atoms with Crippen LogP contribution in [-0.2, 0) is 6.61 Å². The first kappa shape index (κ1) is 20.5. The summed E-state index contributed by atoms with van der Waals surface area (Å²) in [6.45, 7) is 2.46. The van der Waals surface area contributed by atoms with Crippen molar-refractivity contribution in [1.29, 1.82) is 0 Å². The largest absolute Gasteiger partial charge is 0.489 e. The van der Waals surface area contributed by atoms with E-state index >= 15 is 0 Å². The molecule has 1 amide bonds. The molecule has 6 heteroatoms. The van der Waals surface area contributed by atoms with E-state index in [9.17, 15) is 4.79 Å². The number of ether oxygens (including phenoxy) is 1. The van der Waals surface area contributed by atoms with E-state index in [-0.39, 0.29) is 5.91 Å². The third kappa shape index (κ3) is 4.45. The van der Waals surface area contributed by atoms with Crippen LogP contribution >= 0.6 is 0 Å². The van der Waals surface area contributed by atoms with Crippen LogP contribution in [0.3, 0.4) is 0 Å². The number of hydrogen-bond donors (Lipinski definition) is 1.